The zero-order chi connectivity index (χ0) is 14.5. The SMILES string of the molecule is CN1CCN(c2ccc(CNCc3cccs3)cc2)CC1. The highest BCUT2D eigenvalue weighted by atomic mass is 32.1. The number of nitrogens with one attached hydrogen (secondary N) is 1. The molecular formula is C17H23N3S. The Morgan fingerprint density at radius 1 is 1.00 bits per heavy atom. The number of hydrogen-bond donors (Lipinski definition) is 1. The zero-order valence-corrected chi connectivity index (χ0v) is 13.4. The van der Waals surface area contributed by atoms with E-state index >= 15 is 0 Å². The van der Waals surface area contributed by atoms with Crippen molar-refractivity contribution in [1.82, 2.24) is 10.2 Å². The molecule has 0 saturated carbocycles. The molecule has 4 heteroatoms. The van der Waals surface area contributed by atoms with Crippen molar-refractivity contribution >= 4 is 17.0 Å². The normalized spacial score (nSPS) is 16.3. The van der Waals surface area contributed by atoms with Gasteiger partial charge in [-0.1, -0.05) is 18.2 Å². The summed E-state index contributed by atoms with van der Waals surface area (Å²) in [5.41, 5.74) is 2.70. The van der Waals surface area contributed by atoms with Crippen molar-refractivity contribution in [1.29, 1.82) is 0 Å². The third kappa shape index (κ3) is 4.06. The molecule has 1 aliphatic heterocycles. The summed E-state index contributed by atoms with van der Waals surface area (Å²) in [6.45, 7) is 6.46. The summed E-state index contributed by atoms with van der Waals surface area (Å²) in [6.07, 6.45) is 0. The van der Waals surface area contributed by atoms with Crippen molar-refractivity contribution in [3.05, 3.63) is 52.2 Å². The molecule has 112 valence electrons. The van der Waals surface area contributed by atoms with E-state index < -0.39 is 0 Å². The van der Waals surface area contributed by atoms with Gasteiger partial charge in [0.2, 0.25) is 0 Å². The van der Waals surface area contributed by atoms with Crippen LogP contribution >= 0.6 is 11.3 Å². The second-order valence-electron chi connectivity index (χ2n) is 5.64. The Bertz CT molecular complexity index is 528. The molecule has 0 atom stereocenters. The van der Waals surface area contributed by atoms with E-state index in [1.807, 2.05) is 0 Å². The van der Waals surface area contributed by atoms with Gasteiger partial charge in [0, 0.05) is 49.8 Å². The third-order valence-electron chi connectivity index (χ3n) is 4.01. The summed E-state index contributed by atoms with van der Waals surface area (Å²) >= 11 is 1.81. The van der Waals surface area contributed by atoms with Crippen molar-refractivity contribution in [2.24, 2.45) is 0 Å². The van der Waals surface area contributed by atoms with Crippen LogP contribution in [0.3, 0.4) is 0 Å². The zero-order valence-electron chi connectivity index (χ0n) is 12.6. The van der Waals surface area contributed by atoms with Gasteiger partial charge in [0.05, 0.1) is 0 Å². The molecule has 1 aromatic carbocycles. The van der Waals surface area contributed by atoms with Gasteiger partial charge in [-0.2, -0.15) is 0 Å². The lowest BCUT2D eigenvalue weighted by Crippen LogP contribution is -2.44. The monoisotopic (exact) mass is 301 g/mol. The Balaban J connectivity index is 1.49. The van der Waals surface area contributed by atoms with Crippen LogP contribution in [0.25, 0.3) is 0 Å². The van der Waals surface area contributed by atoms with Crippen LogP contribution in [0.2, 0.25) is 0 Å². The number of benzene rings is 1. The van der Waals surface area contributed by atoms with E-state index in [1.54, 1.807) is 11.3 Å². The van der Waals surface area contributed by atoms with Crippen molar-refractivity contribution in [2.75, 3.05) is 38.1 Å². The van der Waals surface area contributed by atoms with Crippen LogP contribution in [0.15, 0.2) is 41.8 Å². The molecule has 2 aromatic rings. The molecule has 0 unspecified atom stereocenters. The molecular weight excluding hydrogens is 278 g/mol. The standard InChI is InChI=1S/C17H23N3S/c1-19-8-10-20(11-9-19)16-6-4-15(5-7-16)13-18-14-17-3-2-12-21-17/h2-7,12,18H,8-11,13-14H2,1H3. The number of hydrogen-bond acceptors (Lipinski definition) is 4. The first-order valence-electron chi connectivity index (χ1n) is 7.57. The van der Waals surface area contributed by atoms with Crippen molar-refractivity contribution in [3.8, 4) is 0 Å². The van der Waals surface area contributed by atoms with E-state index in [1.165, 1.54) is 16.1 Å². The van der Waals surface area contributed by atoms with E-state index in [-0.39, 0.29) is 0 Å². The molecule has 1 aliphatic rings. The van der Waals surface area contributed by atoms with Crippen LogP contribution in [0.1, 0.15) is 10.4 Å². The highest BCUT2D eigenvalue weighted by molar-refractivity contribution is 7.09. The van der Waals surface area contributed by atoms with Gasteiger partial charge >= 0.3 is 0 Å². The minimum atomic E-state index is 0.931. The maximum atomic E-state index is 3.50. The smallest absolute Gasteiger partial charge is 0.0367 e. The number of rotatable bonds is 5. The lowest BCUT2D eigenvalue weighted by atomic mass is 10.2. The van der Waals surface area contributed by atoms with Gasteiger partial charge in [-0.05, 0) is 36.2 Å². The molecule has 0 aliphatic carbocycles. The van der Waals surface area contributed by atoms with E-state index in [4.69, 9.17) is 0 Å². The first kappa shape index (κ1) is 14.6. The second-order valence-corrected chi connectivity index (χ2v) is 6.67. The van der Waals surface area contributed by atoms with E-state index in [0.717, 1.165) is 39.3 Å². The Kier molecular flexibility index (Phi) is 4.91. The van der Waals surface area contributed by atoms with Crippen molar-refractivity contribution < 1.29 is 0 Å². The fraction of sp³-hybridized carbons (Fsp3) is 0.412. The number of nitrogens with zero attached hydrogens (tertiary/aromatic N) is 2. The molecule has 0 amide bonds. The fourth-order valence-corrected chi connectivity index (χ4v) is 3.31. The maximum Gasteiger partial charge on any atom is 0.0367 e. The molecule has 3 nitrogen and oxygen atoms in total. The Morgan fingerprint density at radius 3 is 2.43 bits per heavy atom. The minimum absolute atomic E-state index is 0.931. The van der Waals surface area contributed by atoms with Crippen LogP contribution < -0.4 is 10.2 Å². The third-order valence-corrected chi connectivity index (χ3v) is 4.89. The predicted octanol–water partition coefficient (Wildman–Crippen LogP) is 2.79. The second kappa shape index (κ2) is 7.07. The summed E-state index contributed by atoms with van der Waals surface area (Å²) in [5.74, 6) is 0. The van der Waals surface area contributed by atoms with Crippen LogP contribution in [0.5, 0.6) is 0 Å². The lowest BCUT2D eigenvalue weighted by molar-refractivity contribution is 0.313. The Morgan fingerprint density at radius 2 is 1.76 bits per heavy atom. The molecule has 0 radical (unpaired) electrons. The van der Waals surface area contributed by atoms with Gasteiger partial charge in [-0.25, -0.2) is 0 Å². The largest absolute Gasteiger partial charge is 0.369 e. The topological polar surface area (TPSA) is 18.5 Å². The van der Waals surface area contributed by atoms with Gasteiger partial charge in [0.15, 0.2) is 0 Å². The van der Waals surface area contributed by atoms with Crippen LogP contribution in [0, 0.1) is 0 Å². The van der Waals surface area contributed by atoms with Crippen molar-refractivity contribution in [3.63, 3.8) is 0 Å². The average Bonchev–Trinajstić information content (AvgIpc) is 3.02. The van der Waals surface area contributed by atoms with Gasteiger partial charge < -0.3 is 15.1 Å². The summed E-state index contributed by atoms with van der Waals surface area (Å²) in [5, 5.41) is 5.63. The summed E-state index contributed by atoms with van der Waals surface area (Å²) in [7, 11) is 2.19. The summed E-state index contributed by atoms with van der Waals surface area (Å²) in [6, 6.07) is 13.3. The first-order valence-corrected chi connectivity index (χ1v) is 8.45. The molecule has 0 spiro atoms. The van der Waals surface area contributed by atoms with Crippen LogP contribution in [-0.4, -0.2) is 38.1 Å². The first-order chi connectivity index (χ1) is 10.3. The average molecular weight is 301 g/mol. The molecule has 2 heterocycles. The highest BCUT2D eigenvalue weighted by Gasteiger charge is 2.13. The number of piperazine rings is 1. The Labute approximate surface area is 131 Å². The molecule has 3 rings (SSSR count). The fourth-order valence-electron chi connectivity index (χ4n) is 2.63. The molecule has 1 N–H and O–H groups in total. The predicted molar refractivity (Wildman–Crippen MR) is 91.0 cm³/mol. The van der Waals surface area contributed by atoms with Gasteiger partial charge in [0.25, 0.3) is 0 Å². The Hall–Kier alpha value is -1.36. The number of thiophene rings is 1. The van der Waals surface area contributed by atoms with E-state index in [9.17, 15) is 0 Å². The van der Waals surface area contributed by atoms with Gasteiger partial charge in [-0.15, -0.1) is 11.3 Å². The minimum Gasteiger partial charge on any atom is -0.369 e. The number of likely N-dealkylation sites (N-methyl/N-ethyl adjacent to an activating group) is 1. The highest BCUT2D eigenvalue weighted by Crippen LogP contribution is 2.17. The molecule has 1 aromatic heterocycles. The molecule has 1 fully saturated rings. The van der Waals surface area contributed by atoms with Crippen LogP contribution in [0.4, 0.5) is 5.69 Å². The molecule has 0 bridgehead atoms. The molecule has 1 saturated heterocycles. The lowest BCUT2D eigenvalue weighted by Gasteiger charge is -2.34. The molecule has 21 heavy (non-hydrogen) atoms. The van der Waals surface area contributed by atoms with E-state index in [2.05, 4.69) is 63.9 Å². The quantitative estimate of drug-likeness (QED) is 0.916. The van der Waals surface area contributed by atoms with Crippen LogP contribution in [-0.2, 0) is 13.1 Å². The van der Waals surface area contributed by atoms with Gasteiger partial charge in [-0.3, -0.25) is 0 Å². The maximum absolute atomic E-state index is 3.50. The van der Waals surface area contributed by atoms with Crippen molar-refractivity contribution in [2.45, 2.75) is 13.1 Å². The number of anilines is 1. The van der Waals surface area contributed by atoms with E-state index in [0.29, 0.717) is 0 Å². The summed E-state index contributed by atoms with van der Waals surface area (Å²) in [4.78, 5) is 6.26. The van der Waals surface area contributed by atoms with Gasteiger partial charge in [0.1, 0.15) is 0 Å². The summed E-state index contributed by atoms with van der Waals surface area (Å²) < 4.78 is 0.